The minimum absolute atomic E-state index is 0.379. The fourth-order valence-corrected chi connectivity index (χ4v) is 2.13. The molecule has 0 N–H and O–H groups in total. The number of aryl methyl sites for hydroxylation is 4. The average Bonchev–Trinajstić information content (AvgIpc) is 2.29. The minimum Gasteiger partial charge on any atom is -0.201 e. The molecule has 0 fully saturated rings. The van der Waals surface area contributed by atoms with Gasteiger partial charge in [-0.3, -0.25) is 0 Å². The van der Waals surface area contributed by atoms with Crippen LogP contribution < -0.4 is 4.57 Å². The van der Waals surface area contributed by atoms with E-state index in [4.69, 9.17) is 4.11 Å². The van der Waals surface area contributed by atoms with Crippen molar-refractivity contribution in [3.8, 4) is 11.3 Å². The third-order valence-electron chi connectivity index (χ3n) is 2.83. The van der Waals surface area contributed by atoms with Gasteiger partial charge in [0.25, 0.3) is 0 Å². The Bertz CT molecular complexity index is 592. The molecule has 2 aromatic rings. The van der Waals surface area contributed by atoms with Gasteiger partial charge in [0.15, 0.2) is 6.20 Å². The van der Waals surface area contributed by atoms with E-state index >= 15 is 0 Å². The van der Waals surface area contributed by atoms with Crippen LogP contribution in [0.15, 0.2) is 36.5 Å². The Balaban J connectivity index is 2.65. The monoisotopic (exact) mass is 215 g/mol. The second-order valence-electron chi connectivity index (χ2n) is 4.19. The van der Waals surface area contributed by atoms with E-state index in [0.717, 1.165) is 16.8 Å². The van der Waals surface area contributed by atoms with Crippen LogP contribution in [0.25, 0.3) is 11.3 Å². The van der Waals surface area contributed by atoms with Crippen LogP contribution in [-0.2, 0) is 7.05 Å². The molecule has 0 aliphatic carbocycles. The van der Waals surface area contributed by atoms with Gasteiger partial charge in [-0.2, -0.15) is 0 Å². The summed E-state index contributed by atoms with van der Waals surface area (Å²) in [6.07, 6.45) is 1.70. The molecular formula is C15H18N+. The summed E-state index contributed by atoms with van der Waals surface area (Å²) in [4.78, 5) is 0. The molecule has 0 radical (unpaired) electrons. The molecule has 0 amide bonds. The van der Waals surface area contributed by atoms with Gasteiger partial charge >= 0.3 is 0 Å². The van der Waals surface area contributed by atoms with Gasteiger partial charge in [-0.1, -0.05) is 18.2 Å². The maximum absolute atomic E-state index is 7.50. The molecular weight excluding hydrogens is 194 g/mol. The Morgan fingerprint density at radius 3 is 2.50 bits per heavy atom. The summed E-state index contributed by atoms with van der Waals surface area (Å²) in [5.74, 6) is 0. The first-order valence-corrected chi connectivity index (χ1v) is 5.37. The van der Waals surface area contributed by atoms with Crippen molar-refractivity contribution in [1.29, 1.82) is 0 Å². The second-order valence-corrected chi connectivity index (χ2v) is 4.19. The lowest BCUT2D eigenvalue weighted by atomic mass is 10.0. The van der Waals surface area contributed by atoms with Gasteiger partial charge in [0.2, 0.25) is 5.69 Å². The van der Waals surface area contributed by atoms with Crippen LogP contribution in [0.1, 0.15) is 20.8 Å². The van der Waals surface area contributed by atoms with Gasteiger partial charge in [-0.15, -0.1) is 0 Å². The number of hydrogen-bond acceptors (Lipinski definition) is 0. The zero-order valence-corrected chi connectivity index (χ0v) is 9.91. The molecule has 0 saturated heterocycles. The Morgan fingerprint density at radius 2 is 1.88 bits per heavy atom. The number of hydrogen-bond donors (Lipinski definition) is 0. The first kappa shape index (κ1) is 7.61. The topological polar surface area (TPSA) is 3.88 Å². The summed E-state index contributed by atoms with van der Waals surface area (Å²) in [6.45, 7) is 1.95. The first-order valence-electron chi connectivity index (χ1n) is 6.87. The van der Waals surface area contributed by atoms with Crippen LogP contribution in [0.2, 0.25) is 0 Å². The van der Waals surface area contributed by atoms with Crippen LogP contribution in [0.4, 0.5) is 0 Å². The van der Waals surface area contributed by atoms with Crippen molar-refractivity contribution in [2.45, 2.75) is 20.7 Å². The highest BCUT2D eigenvalue weighted by Gasteiger charge is 2.15. The molecule has 1 aromatic carbocycles. The molecule has 1 heteroatoms. The van der Waals surface area contributed by atoms with Crippen LogP contribution in [0.5, 0.6) is 0 Å². The molecule has 0 unspecified atom stereocenters. The Hall–Kier alpha value is -1.63. The molecule has 82 valence electrons. The van der Waals surface area contributed by atoms with E-state index in [1.807, 2.05) is 30.7 Å². The highest BCUT2D eigenvalue weighted by molar-refractivity contribution is 5.63. The lowest BCUT2D eigenvalue weighted by Gasteiger charge is -2.07. The number of nitrogens with zero attached hydrogens (tertiary/aromatic N) is 1. The van der Waals surface area contributed by atoms with E-state index in [1.165, 1.54) is 5.56 Å². The van der Waals surface area contributed by atoms with E-state index in [-0.39, 0.29) is 0 Å². The lowest BCUT2D eigenvalue weighted by molar-refractivity contribution is -0.661. The van der Waals surface area contributed by atoms with Gasteiger partial charge in [-0.25, -0.2) is 4.57 Å². The van der Waals surface area contributed by atoms with E-state index < -0.39 is 6.85 Å². The summed E-state index contributed by atoms with van der Waals surface area (Å²) < 4.78 is 24.4. The van der Waals surface area contributed by atoms with E-state index in [0.29, 0.717) is 5.56 Å². The highest BCUT2D eigenvalue weighted by atomic mass is 14.9. The molecule has 0 spiro atoms. The third kappa shape index (κ3) is 1.85. The zero-order valence-electron chi connectivity index (χ0n) is 12.9. The minimum atomic E-state index is -2.06. The molecule has 0 saturated carbocycles. The largest absolute Gasteiger partial charge is 0.215 e. The van der Waals surface area contributed by atoms with Gasteiger partial charge < -0.3 is 0 Å². The van der Waals surface area contributed by atoms with Gasteiger partial charge in [0.05, 0.1) is 0 Å². The molecule has 1 heterocycles. The van der Waals surface area contributed by atoms with Crippen LogP contribution in [-0.4, -0.2) is 0 Å². The van der Waals surface area contributed by atoms with Crippen molar-refractivity contribution in [3.63, 3.8) is 0 Å². The Labute approximate surface area is 102 Å². The molecule has 1 nitrogen and oxygen atoms in total. The number of rotatable bonds is 1. The van der Waals surface area contributed by atoms with Crippen molar-refractivity contribution in [1.82, 2.24) is 0 Å². The summed E-state index contributed by atoms with van der Waals surface area (Å²) in [5.41, 5.74) is 4.74. The van der Waals surface area contributed by atoms with Gasteiger partial charge in [-0.05, 0) is 38.4 Å². The number of benzene rings is 1. The van der Waals surface area contributed by atoms with Crippen molar-refractivity contribution in [2.24, 2.45) is 7.05 Å². The van der Waals surface area contributed by atoms with Crippen molar-refractivity contribution >= 4 is 0 Å². The summed E-state index contributed by atoms with van der Waals surface area (Å²) in [5, 5.41) is 0. The average molecular weight is 215 g/mol. The molecule has 2 rings (SSSR count). The third-order valence-corrected chi connectivity index (χ3v) is 2.83. The van der Waals surface area contributed by atoms with Gasteiger partial charge in [0, 0.05) is 20.8 Å². The standard InChI is InChI=1S/C15H18N/c1-11-9-13(3)15(16(4)10-11)14-8-6-5-7-12(14)2/h5-10H,1-4H3/q+1/i1D3. The fourth-order valence-electron chi connectivity index (χ4n) is 2.13. The van der Waals surface area contributed by atoms with E-state index in [1.54, 1.807) is 12.3 Å². The highest BCUT2D eigenvalue weighted by Crippen LogP contribution is 2.23. The van der Waals surface area contributed by atoms with Crippen LogP contribution >= 0.6 is 0 Å². The number of aromatic nitrogens is 1. The Morgan fingerprint density at radius 1 is 1.12 bits per heavy atom. The molecule has 0 bridgehead atoms. The Kier molecular flexibility index (Phi) is 1.95. The zero-order chi connectivity index (χ0) is 14.2. The molecule has 1 aromatic heterocycles. The number of pyridine rings is 1. The lowest BCUT2D eigenvalue weighted by Crippen LogP contribution is -2.32. The fraction of sp³-hybridized carbons (Fsp3) is 0.267. The van der Waals surface area contributed by atoms with Crippen LogP contribution in [0, 0.1) is 20.7 Å². The summed E-state index contributed by atoms with van der Waals surface area (Å²) in [6, 6.07) is 9.89. The van der Waals surface area contributed by atoms with E-state index in [9.17, 15) is 0 Å². The maximum Gasteiger partial charge on any atom is 0.215 e. The summed E-state index contributed by atoms with van der Waals surface area (Å²) in [7, 11) is 1.89. The maximum atomic E-state index is 7.50. The molecule has 0 aliphatic rings. The predicted molar refractivity (Wildman–Crippen MR) is 67.3 cm³/mol. The smallest absolute Gasteiger partial charge is 0.201 e. The second kappa shape index (κ2) is 4.09. The predicted octanol–water partition coefficient (Wildman–Crippen LogP) is 3.10. The summed E-state index contributed by atoms with van der Waals surface area (Å²) >= 11 is 0. The molecule has 16 heavy (non-hydrogen) atoms. The SMILES string of the molecule is [2H]C([2H])([2H])c1cc(C)c(-c2ccccc2C)[n+](C)c1. The van der Waals surface area contributed by atoms with Gasteiger partial charge in [0.1, 0.15) is 7.05 Å². The molecule has 0 aliphatic heterocycles. The first-order chi connectivity index (χ1) is 8.80. The van der Waals surface area contributed by atoms with Crippen molar-refractivity contribution < 1.29 is 8.68 Å². The quantitative estimate of drug-likeness (QED) is 0.644. The van der Waals surface area contributed by atoms with Crippen molar-refractivity contribution in [3.05, 3.63) is 53.2 Å². The van der Waals surface area contributed by atoms with Crippen LogP contribution in [0.3, 0.4) is 0 Å². The van der Waals surface area contributed by atoms with E-state index in [2.05, 4.69) is 19.1 Å². The van der Waals surface area contributed by atoms with Crippen molar-refractivity contribution in [2.75, 3.05) is 0 Å². The normalized spacial score (nSPS) is 14.1. The molecule has 0 atom stereocenters.